The van der Waals surface area contributed by atoms with Crippen LogP contribution in [0.3, 0.4) is 0 Å². The molecule has 0 saturated carbocycles. The number of hydrogen-bond donors (Lipinski definition) is 0. The lowest BCUT2D eigenvalue weighted by atomic mass is 10.0. The highest BCUT2D eigenvalue weighted by Gasteiger charge is 2.17. The van der Waals surface area contributed by atoms with Crippen LogP contribution >= 0.6 is 34.2 Å². The van der Waals surface area contributed by atoms with Gasteiger partial charge in [0.1, 0.15) is 11.6 Å². The van der Waals surface area contributed by atoms with Crippen LogP contribution in [0.4, 0.5) is 8.78 Å². The normalized spacial score (nSPS) is 10.6. The number of benzene rings is 2. The van der Waals surface area contributed by atoms with Gasteiger partial charge in [0.2, 0.25) is 0 Å². The van der Waals surface area contributed by atoms with Crippen molar-refractivity contribution in [1.82, 2.24) is 0 Å². The molecule has 0 bridgehead atoms. The van der Waals surface area contributed by atoms with E-state index in [1.807, 2.05) is 22.6 Å². The van der Waals surface area contributed by atoms with Gasteiger partial charge in [-0.25, -0.2) is 8.78 Å². The number of carbonyl (C=O) groups is 1. The van der Waals surface area contributed by atoms with E-state index in [0.29, 0.717) is 14.7 Å². The Bertz CT molecular complexity index is 671. The third-order valence-electron chi connectivity index (χ3n) is 2.67. The monoisotopic (exact) mass is 392 g/mol. The molecule has 2 aromatic rings. The molecule has 0 aromatic heterocycles. The minimum atomic E-state index is -0.463. The van der Waals surface area contributed by atoms with Crippen molar-refractivity contribution < 1.29 is 13.6 Å². The van der Waals surface area contributed by atoms with E-state index < -0.39 is 11.6 Å². The first-order valence-corrected chi connectivity index (χ1v) is 6.81. The second-order valence-corrected chi connectivity index (χ2v) is 5.60. The summed E-state index contributed by atoms with van der Waals surface area (Å²) in [5.41, 5.74) is 0.893. The molecule has 1 nitrogen and oxygen atoms in total. The Morgan fingerprint density at radius 1 is 1.16 bits per heavy atom. The predicted molar refractivity (Wildman–Crippen MR) is 78.7 cm³/mol. The number of aryl methyl sites for hydroxylation is 1. The summed E-state index contributed by atoms with van der Waals surface area (Å²) in [6.45, 7) is 1.55. The summed E-state index contributed by atoms with van der Waals surface area (Å²) in [5.74, 6) is -1.23. The molecule has 0 saturated heterocycles. The minimum absolute atomic E-state index is 0.0493. The maximum absolute atomic E-state index is 13.3. The van der Waals surface area contributed by atoms with Crippen molar-refractivity contribution in [3.63, 3.8) is 0 Å². The second-order valence-electron chi connectivity index (χ2n) is 4.03. The number of ketones is 1. The first-order valence-electron chi connectivity index (χ1n) is 5.35. The average Bonchev–Trinajstić information content (AvgIpc) is 2.33. The zero-order valence-corrected chi connectivity index (χ0v) is 12.7. The number of rotatable bonds is 2. The van der Waals surface area contributed by atoms with E-state index in [1.54, 1.807) is 6.92 Å². The Hall–Kier alpha value is -1.01. The molecule has 0 aliphatic heterocycles. The van der Waals surface area contributed by atoms with Gasteiger partial charge in [-0.15, -0.1) is 0 Å². The highest BCUT2D eigenvalue weighted by Crippen LogP contribution is 2.25. The first-order chi connectivity index (χ1) is 8.90. The van der Waals surface area contributed by atoms with Gasteiger partial charge in [-0.05, 0) is 65.4 Å². The molecular formula is C14H8ClF2IO. The summed E-state index contributed by atoms with van der Waals surface area (Å²) in [6.07, 6.45) is 0. The molecule has 0 heterocycles. The third kappa shape index (κ3) is 2.95. The SMILES string of the molecule is Cc1cc(C(=O)c2ccc(F)cc2I)c(Cl)cc1F. The van der Waals surface area contributed by atoms with Crippen molar-refractivity contribution in [2.75, 3.05) is 0 Å². The van der Waals surface area contributed by atoms with Gasteiger partial charge in [0.05, 0.1) is 5.02 Å². The molecule has 0 amide bonds. The van der Waals surface area contributed by atoms with Gasteiger partial charge < -0.3 is 0 Å². The van der Waals surface area contributed by atoms with E-state index in [1.165, 1.54) is 24.3 Å². The van der Waals surface area contributed by atoms with Crippen molar-refractivity contribution in [3.8, 4) is 0 Å². The largest absolute Gasteiger partial charge is 0.289 e. The second kappa shape index (κ2) is 5.54. The van der Waals surface area contributed by atoms with E-state index in [4.69, 9.17) is 11.6 Å². The first kappa shape index (κ1) is 14.4. The van der Waals surface area contributed by atoms with Crippen LogP contribution in [0.5, 0.6) is 0 Å². The van der Waals surface area contributed by atoms with Crippen molar-refractivity contribution in [2.45, 2.75) is 6.92 Å². The standard InChI is InChI=1S/C14H8ClF2IO/c1-7-4-10(11(15)6-12(7)17)14(19)9-3-2-8(16)5-13(9)18/h2-6H,1H3. The Labute approximate surface area is 127 Å². The Morgan fingerprint density at radius 3 is 2.47 bits per heavy atom. The van der Waals surface area contributed by atoms with Crippen molar-refractivity contribution in [2.24, 2.45) is 0 Å². The minimum Gasteiger partial charge on any atom is -0.289 e. The maximum atomic E-state index is 13.3. The molecule has 0 spiro atoms. The van der Waals surface area contributed by atoms with E-state index in [0.717, 1.165) is 6.07 Å². The summed E-state index contributed by atoms with van der Waals surface area (Å²) >= 11 is 7.77. The quantitative estimate of drug-likeness (QED) is 0.532. The summed E-state index contributed by atoms with van der Waals surface area (Å²) in [7, 11) is 0. The van der Waals surface area contributed by atoms with Gasteiger partial charge in [0.25, 0.3) is 0 Å². The number of halogens is 4. The van der Waals surface area contributed by atoms with Crippen LogP contribution in [-0.4, -0.2) is 5.78 Å². The average molecular weight is 393 g/mol. The summed E-state index contributed by atoms with van der Waals surface area (Å²) in [5, 5.41) is 0.0493. The summed E-state index contributed by atoms with van der Waals surface area (Å²) < 4.78 is 26.8. The van der Waals surface area contributed by atoms with Gasteiger partial charge in [-0.2, -0.15) is 0 Å². The molecule has 19 heavy (non-hydrogen) atoms. The molecule has 0 fully saturated rings. The lowest BCUT2D eigenvalue weighted by molar-refractivity contribution is 0.103. The highest BCUT2D eigenvalue weighted by molar-refractivity contribution is 14.1. The fraction of sp³-hybridized carbons (Fsp3) is 0.0714. The Kier molecular flexibility index (Phi) is 4.20. The predicted octanol–water partition coefficient (Wildman–Crippen LogP) is 4.76. The Balaban J connectivity index is 2.53. The lowest BCUT2D eigenvalue weighted by Crippen LogP contribution is -2.06. The van der Waals surface area contributed by atoms with Crippen LogP contribution in [0, 0.1) is 22.1 Å². The molecule has 2 rings (SSSR count). The van der Waals surface area contributed by atoms with E-state index >= 15 is 0 Å². The fourth-order valence-corrected chi connectivity index (χ4v) is 2.61. The molecule has 0 N–H and O–H groups in total. The van der Waals surface area contributed by atoms with Gasteiger partial charge in [0, 0.05) is 14.7 Å². The van der Waals surface area contributed by atoms with Crippen LogP contribution in [0.25, 0.3) is 0 Å². The molecule has 2 aromatic carbocycles. The molecule has 5 heteroatoms. The van der Waals surface area contributed by atoms with Gasteiger partial charge in [-0.3, -0.25) is 4.79 Å². The third-order valence-corrected chi connectivity index (χ3v) is 3.87. The van der Waals surface area contributed by atoms with Gasteiger partial charge in [-0.1, -0.05) is 11.6 Å². The highest BCUT2D eigenvalue weighted by atomic mass is 127. The molecule has 0 radical (unpaired) electrons. The Morgan fingerprint density at radius 2 is 1.84 bits per heavy atom. The fourth-order valence-electron chi connectivity index (χ4n) is 1.65. The van der Waals surface area contributed by atoms with Crippen LogP contribution in [0.2, 0.25) is 5.02 Å². The molecular weight excluding hydrogens is 385 g/mol. The van der Waals surface area contributed by atoms with Crippen LogP contribution in [0.1, 0.15) is 21.5 Å². The van der Waals surface area contributed by atoms with E-state index in [2.05, 4.69) is 0 Å². The van der Waals surface area contributed by atoms with Crippen molar-refractivity contribution in [1.29, 1.82) is 0 Å². The van der Waals surface area contributed by atoms with Gasteiger partial charge in [0.15, 0.2) is 5.78 Å². The van der Waals surface area contributed by atoms with Crippen molar-refractivity contribution in [3.05, 3.63) is 67.2 Å². The number of carbonyl (C=O) groups excluding carboxylic acids is 1. The topological polar surface area (TPSA) is 17.1 Å². The van der Waals surface area contributed by atoms with Crippen molar-refractivity contribution >= 4 is 40.0 Å². The number of hydrogen-bond acceptors (Lipinski definition) is 1. The van der Waals surface area contributed by atoms with Gasteiger partial charge >= 0.3 is 0 Å². The zero-order valence-electron chi connectivity index (χ0n) is 9.81. The molecule has 0 unspecified atom stereocenters. The maximum Gasteiger partial charge on any atom is 0.195 e. The summed E-state index contributed by atoms with van der Waals surface area (Å²) in [4.78, 5) is 12.3. The zero-order chi connectivity index (χ0) is 14.2. The summed E-state index contributed by atoms with van der Waals surface area (Å²) in [6, 6.07) is 6.38. The smallest absolute Gasteiger partial charge is 0.195 e. The van der Waals surface area contributed by atoms with Crippen LogP contribution in [-0.2, 0) is 0 Å². The van der Waals surface area contributed by atoms with Crippen LogP contribution < -0.4 is 0 Å². The molecule has 0 aliphatic carbocycles. The molecule has 0 atom stereocenters. The van der Waals surface area contributed by atoms with E-state index in [9.17, 15) is 13.6 Å². The lowest BCUT2D eigenvalue weighted by Gasteiger charge is -2.08. The molecule has 0 aliphatic rings. The molecule has 98 valence electrons. The van der Waals surface area contributed by atoms with Crippen LogP contribution in [0.15, 0.2) is 30.3 Å². The van der Waals surface area contributed by atoms with E-state index in [-0.39, 0.29) is 16.4 Å².